The van der Waals surface area contributed by atoms with E-state index in [0.29, 0.717) is 12.0 Å². The zero-order valence-corrected chi connectivity index (χ0v) is 13.1. The van der Waals surface area contributed by atoms with E-state index < -0.39 is 6.10 Å². The van der Waals surface area contributed by atoms with Gasteiger partial charge in [-0.3, -0.25) is 4.79 Å². The van der Waals surface area contributed by atoms with Crippen LogP contribution in [0.5, 0.6) is 0 Å². The molecule has 0 aromatic heterocycles. The highest BCUT2D eigenvalue weighted by Gasteiger charge is 2.11. The Morgan fingerprint density at radius 1 is 1.10 bits per heavy atom. The summed E-state index contributed by atoms with van der Waals surface area (Å²) in [5, 5.41) is 12.7. The standard InChI is InChI=1S/C16H16INO2/c17-15-9-5-4-8-14(15)16(20)18-11-13(19)10-12-6-2-1-3-7-12/h1-9,13,19H,10-11H2,(H,18,20). The molecular formula is C16H16INO2. The first-order valence-corrected chi connectivity index (χ1v) is 7.49. The van der Waals surface area contributed by atoms with Crippen LogP contribution in [-0.4, -0.2) is 23.7 Å². The van der Waals surface area contributed by atoms with Gasteiger partial charge in [0.05, 0.1) is 11.7 Å². The summed E-state index contributed by atoms with van der Waals surface area (Å²) in [7, 11) is 0. The molecule has 4 heteroatoms. The second-order valence-electron chi connectivity index (χ2n) is 4.53. The molecule has 0 saturated carbocycles. The van der Waals surface area contributed by atoms with Crippen LogP contribution in [0.2, 0.25) is 0 Å². The molecule has 0 spiro atoms. The molecule has 20 heavy (non-hydrogen) atoms. The summed E-state index contributed by atoms with van der Waals surface area (Å²) in [5.41, 5.74) is 1.70. The van der Waals surface area contributed by atoms with Crippen molar-refractivity contribution in [3.8, 4) is 0 Å². The van der Waals surface area contributed by atoms with Crippen LogP contribution in [0.25, 0.3) is 0 Å². The van der Waals surface area contributed by atoms with Crippen molar-refractivity contribution in [1.82, 2.24) is 5.32 Å². The van der Waals surface area contributed by atoms with Gasteiger partial charge in [0, 0.05) is 16.5 Å². The number of halogens is 1. The fourth-order valence-corrected chi connectivity index (χ4v) is 2.54. The molecule has 0 heterocycles. The molecule has 2 N–H and O–H groups in total. The van der Waals surface area contributed by atoms with Crippen LogP contribution in [0.15, 0.2) is 54.6 Å². The molecule has 0 fully saturated rings. The van der Waals surface area contributed by atoms with E-state index in [1.54, 1.807) is 6.07 Å². The van der Waals surface area contributed by atoms with Crippen molar-refractivity contribution in [2.45, 2.75) is 12.5 Å². The summed E-state index contributed by atoms with van der Waals surface area (Å²) in [5.74, 6) is -0.151. The summed E-state index contributed by atoms with van der Waals surface area (Å²) < 4.78 is 0.903. The number of aliphatic hydroxyl groups excluding tert-OH is 1. The molecule has 1 unspecified atom stereocenters. The first-order chi connectivity index (χ1) is 9.66. The van der Waals surface area contributed by atoms with Gasteiger partial charge in [-0.05, 0) is 40.3 Å². The first kappa shape index (κ1) is 15.0. The Hall–Kier alpha value is -1.40. The third-order valence-electron chi connectivity index (χ3n) is 2.93. The molecule has 1 atom stereocenters. The number of benzene rings is 2. The minimum absolute atomic E-state index is 0.151. The molecule has 2 rings (SSSR count). The molecule has 0 aliphatic rings. The second-order valence-corrected chi connectivity index (χ2v) is 5.70. The maximum atomic E-state index is 12.0. The van der Waals surface area contributed by atoms with Crippen molar-refractivity contribution in [2.24, 2.45) is 0 Å². The van der Waals surface area contributed by atoms with Crippen LogP contribution >= 0.6 is 22.6 Å². The Bertz CT molecular complexity index is 572. The van der Waals surface area contributed by atoms with Gasteiger partial charge >= 0.3 is 0 Å². The van der Waals surface area contributed by atoms with E-state index in [1.807, 2.05) is 48.5 Å². The van der Waals surface area contributed by atoms with E-state index in [4.69, 9.17) is 0 Å². The van der Waals surface area contributed by atoms with Gasteiger partial charge in [-0.1, -0.05) is 42.5 Å². The molecule has 0 saturated heterocycles. The highest BCUT2D eigenvalue weighted by molar-refractivity contribution is 14.1. The molecular weight excluding hydrogens is 365 g/mol. The lowest BCUT2D eigenvalue weighted by Crippen LogP contribution is -2.33. The number of rotatable bonds is 5. The van der Waals surface area contributed by atoms with Gasteiger partial charge < -0.3 is 10.4 Å². The maximum absolute atomic E-state index is 12.0. The average Bonchev–Trinajstić information content (AvgIpc) is 2.46. The van der Waals surface area contributed by atoms with Crippen LogP contribution in [0.4, 0.5) is 0 Å². The zero-order valence-electron chi connectivity index (χ0n) is 10.9. The highest BCUT2D eigenvalue weighted by Crippen LogP contribution is 2.11. The summed E-state index contributed by atoms with van der Waals surface area (Å²) in [6.07, 6.45) is -0.0461. The average molecular weight is 381 g/mol. The predicted octanol–water partition coefficient (Wildman–Crippen LogP) is 2.62. The fraction of sp³-hybridized carbons (Fsp3) is 0.188. The summed E-state index contributed by atoms with van der Waals surface area (Å²) in [4.78, 5) is 12.0. The normalized spacial score (nSPS) is 11.9. The molecule has 0 aliphatic heterocycles. The smallest absolute Gasteiger partial charge is 0.252 e. The van der Waals surface area contributed by atoms with Crippen LogP contribution < -0.4 is 5.32 Å². The summed E-state index contributed by atoms with van der Waals surface area (Å²) >= 11 is 2.13. The van der Waals surface area contributed by atoms with Gasteiger partial charge in [-0.15, -0.1) is 0 Å². The predicted molar refractivity (Wildman–Crippen MR) is 87.6 cm³/mol. The van der Waals surface area contributed by atoms with Gasteiger partial charge in [-0.25, -0.2) is 0 Å². The lowest BCUT2D eigenvalue weighted by molar-refractivity contribution is 0.0915. The summed E-state index contributed by atoms with van der Waals surface area (Å²) in [6, 6.07) is 17.1. The van der Waals surface area contributed by atoms with Crippen LogP contribution in [0, 0.1) is 3.57 Å². The Balaban J connectivity index is 1.86. The molecule has 104 valence electrons. The SMILES string of the molecule is O=C(NCC(O)Cc1ccccc1)c1ccccc1I. The lowest BCUT2D eigenvalue weighted by Gasteiger charge is -2.12. The molecule has 1 amide bonds. The van der Waals surface area contributed by atoms with Crippen molar-refractivity contribution < 1.29 is 9.90 Å². The molecule has 0 radical (unpaired) electrons. The number of hydrogen-bond acceptors (Lipinski definition) is 2. The Kier molecular flexibility index (Phi) is 5.55. The second kappa shape index (κ2) is 7.40. The third-order valence-corrected chi connectivity index (χ3v) is 3.87. The van der Waals surface area contributed by atoms with Crippen LogP contribution in [0.1, 0.15) is 15.9 Å². The minimum atomic E-state index is -0.581. The van der Waals surface area contributed by atoms with Crippen molar-refractivity contribution in [1.29, 1.82) is 0 Å². The monoisotopic (exact) mass is 381 g/mol. The number of carbonyl (C=O) groups excluding carboxylic acids is 1. The lowest BCUT2D eigenvalue weighted by atomic mass is 10.1. The maximum Gasteiger partial charge on any atom is 0.252 e. The minimum Gasteiger partial charge on any atom is -0.391 e. The Labute approximate surface area is 132 Å². The van der Waals surface area contributed by atoms with E-state index >= 15 is 0 Å². The zero-order chi connectivity index (χ0) is 14.4. The summed E-state index contributed by atoms with van der Waals surface area (Å²) in [6.45, 7) is 0.249. The van der Waals surface area contributed by atoms with Crippen molar-refractivity contribution in [2.75, 3.05) is 6.54 Å². The van der Waals surface area contributed by atoms with E-state index in [2.05, 4.69) is 27.9 Å². The number of hydrogen-bond donors (Lipinski definition) is 2. The first-order valence-electron chi connectivity index (χ1n) is 6.41. The highest BCUT2D eigenvalue weighted by atomic mass is 127. The quantitative estimate of drug-likeness (QED) is 0.783. The van der Waals surface area contributed by atoms with E-state index in [9.17, 15) is 9.90 Å². The molecule has 0 aliphatic carbocycles. The van der Waals surface area contributed by atoms with Gasteiger partial charge in [0.25, 0.3) is 5.91 Å². The molecule has 2 aromatic rings. The molecule has 0 bridgehead atoms. The van der Waals surface area contributed by atoms with Crippen molar-refractivity contribution >= 4 is 28.5 Å². The van der Waals surface area contributed by atoms with E-state index in [1.165, 1.54) is 0 Å². The van der Waals surface area contributed by atoms with Crippen molar-refractivity contribution in [3.63, 3.8) is 0 Å². The van der Waals surface area contributed by atoms with Gasteiger partial charge in [0.2, 0.25) is 0 Å². The third kappa shape index (κ3) is 4.31. The largest absolute Gasteiger partial charge is 0.391 e. The number of carbonyl (C=O) groups is 1. The van der Waals surface area contributed by atoms with Gasteiger partial charge in [0.15, 0.2) is 0 Å². The Morgan fingerprint density at radius 2 is 1.75 bits per heavy atom. The molecule has 3 nitrogen and oxygen atoms in total. The fourth-order valence-electron chi connectivity index (χ4n) is 1.91. The number of aliphatic hydroxyl groups is 1. The van der Waals surface area contributed by atoms with Crippen molar-refractivity contribution in [3.05, 3.63) is 69.3 Å². The van der Waals surface area contributed by atoms with Gasteiger partial charge in [0.1, 0.15) is 0 Å². The number of amides is 1. The van der Waals surface area contributed by atoms with Gasteiger partial charge in [-0.2, -0.15) is 0 Å². The van der Waals surface area contributed by atoms with Crippen LogP contribution in [-0.2, 0) is 6.42 Å². The topological polar surface area (TPSA) is 49.3 Å². The Morgan fingerprint density at radius 3 is 2.45 bits per heavy atom. The molecule has 2 aromatic carbocycles. The van der Waals surface area contributed by atoms with E-state index in [-0.39, 0.29) is 12.5 Å². The number of nitrogens with one attached hydrogen (secondary N) is 1. The van der Waals surface area contributed by atoms with Crippen LogP contribution in [0.3, 0.4) is 0 Å². The van der Waals surface area contributed by atoms with E-state index in [0.717, 1.165) is 9.13 Å².